The van der Waals surface area contributed by atoms with Gasteiger partial charge in [0.05, 0.1) is 10.6 Å². The van der Waals surface area contributed by atoms with Crippen molar-refractivity contribution in [2.75, 3.05) is 17.4 Å². The third-order valence-electron chi connectivity index (χ3n) is 7.12. The highest BCUT2D eigenvalue weighted by Gasteiger charge is 2.34. The Morgan fingerprint density at radius 1 is 0.886 bits per heavy atom. The van der Waals surface area contributed by atoms with E-state index in [1.807, 2.05) is 68.4 Å². The highest BCUT2D eigenvalue weighted by Crippen LogP contribution is 2.29. The van der Waals surface area contributed by atoms with Crippen LogP contribution in [0.1, 0.15) is 30.0 Å². The molecule has 1 unspecified atom stereocenters. The van der Waals surface area contributed by atoms with Gasteiger partial charge in [0.1, 0.15) is 12.6 Å². The predicted molar refractivity (Wildman–Crippen MR) is 179 cm³/mol. The van der Waals surface area contributed by atoms with E-state index in [0.717, 1.165) is 31.9 Å². The summed E-state index contributed by atoms with van der Waals surface area (Å²) in [6.45, 7) is 3.76. The molecule has 0 saturated heterocycles. The number of carbonyl (C=O) groups is 2. The lowest BCUT2D eigenvalue weighted by Crippen LogP contribution is -2.53. The molecule has 10 heteroatoms. The first-order valence-electron chi connectivity index (χ1n) is 14.3. The van der Waals surface area contributed by atoms with Crippen LogP contribution in [0, 0.1) is 6.92 Å². The fourth-order valence-electron chi connectivity index (χ4n) is 4.74. The molecule has 0 aliphatic heterocycles. The van der Waals surface area contributed by atoms with Crippen molar-refractivity contribution in [1.29, 1.82) is 0 Å². The number of anilines is 1. The molecule has 44 heavy (non-hydrogen) atoms. The monoisotopic (exact) mass is 695 g/mol. The van der Waals surface area contributed by atoms with Crippen LogP contribution in [0.5, 0.6) is 0 Å². The van der Waals surface area contributed by atoms with Gasteiger partial charge in [0, 0.05) is 29.0 Å². The summed E-state index contributed by atoms with van der Waals surface area (Å²) < 4.78 is 30.0. The molecule has 4 aromatic carbocycles. The zero-order chi connectivity index (χ0) is 31.7. The summed E-state index contributed by atoms with van der Waals surface area (Å²) in [6, 6.07) is 28.9. The number of benzene rings is 4. The molecular weight excluding hydrogens is 662 g/mol. The number of aryl methyl sites for hydroxylation is 1. The van der Waals surface area contributed by atoms with E-state index in [2.05, 4.69) is 21.2 Å². The van der Waals surface area contributed by atoms with E-state index in [4.69, 9.17) is 11.6 Å². The molecule has 230 valence electrons. The first-order valence-corrected chi connectivity index (χ1v) is 16.9. The molecule has 0 heterocycles. The summed E-state index contributed by atoms with van der Waals surface area (Å²) in [5.41, 5.74) is 2.67. The molecule has 0 aliphatic rings. The van der Waals surface area contributed by atoms with Crippen LogP contribution in [0.3, 0.4) is 0 Å². The maximum atomic E-state index is 14.5. The lowest BCUT2D eigenvalue weighted by atomic mass is 10.0. The molecule has 0 aliphatic carbocycles. The van der Waals surface area contributed by atoms with Crippen LogP contribution in [-0.2, 0) is 32.6 Å². The second kappa shape index (κ2) is 15.4. The Morgan fingerprint density at radius 3 is 2.18 bits per heavy atom. The number of halogens is 2. The highest BCUT2D eigenvalue weighted by atomic mass is 79.9. The largest absolute Gasteiger partial charge is 0.354 e. The number of hydrogen-bond acceptors (Lipinski definition) is 4. The molecular formula is C34H35BrClN3O4S. The average Bonchev–Trinajstić information content (AvgIpc) is 3.02. The van der Waals surface area contributed by atoms with Crippen LogP contribution in [0.4, 0.5) is 5.69 Å². The molecule has 0 spiro atoms. The van der Waals surface area contributed by atoms with Gasteiger partial charge in [0.15, 0.2) is 0 Å². The quantitative estimate of drug-likeness (QED) is 0.167. The molecule has 2 amide bonds. The molecule has 0 fully saturated rings. The standard InChI is InChI=1S/C34H35BrClN3O4S/c1-3-19-37-34(41)32(21-26-11-6-4-7-12-26)38(23-27-13-10-14-28(35)20-27)33(40)24-39(29-18-17-25(2)31(36)22-29)44(42,43)30-15-8-5-9-16-30/h4-18,20,22,32H,3,19,21,23-24H2,1-2H3,(H,37,41). The smallest absolute Gasteiger partial charge is 0.264 e. The lowest BCUT2D eigenvalue weighted by molar-refractivity contribution is -0.140. The number of hydrogen-bond donors (Lipinski definition) is 1. The highest BCUT2D eigenvalue weighted by molar-refractivity contribution is 9.10. The normalized spacial score (nSPS) is 11.9. The zero-order valence-corrected chi connectivity index (χ0v) is 27.8. The lowest BCUT2D eigenvalue weighted by Gasteiger charge is -2.34. The van der Waals surface area contributed by atoms with Gasteiger partial charge in [-0.3, -0.25) is 13.9 Å². The summed E-state index contributed by atoms with van der Waals surface area (Å²) in [5, 5.41) is 3.32. The van der Waals surface area contributed by atoms with E-state index in [9.17, 15) is 18.0 Å². The van der Waals surface area contributed by atoms with Gasteiger partial charge >= 0.3 is 0 Å². The third kappa shape index (κ3) is 8.49. The molecule has 0 aromatic heterocycles. The van der Waals surface area contributed by atoms with E-state index < -0.39 is 28.5 Å². The van der Waals surface area contributed by atoms with Crippen molar-refractivity contribution >= 4 is 55.1 Å². The summed E-state index contributed by atoms with van der Waals surface area (Å²) in [5.74, 6) is -0.844. The fraction of sp³-hybridized carbons (Fsp3) is 0.235. The molecule has 0 bridgehead atoms. The zero-order valence-electron chi connectivity index (χ0n) is 24.6. The van der Waals surface area contributed by atoms with Crippen molar-refractivity contribution in [2.45, 2.75) is 44.2 Å². The minimum absolute atomic E-state index is 0.0320. The topological polar surface area (TPSA) is 86.8 Å². The first-order chi connectivity index (χ1) is 21.1. The van der Waals surface area contributed by atoms with Gasteiger partial charge in [-0.25, -0.2) is 8.42 Å². The van der Waals surface area contributed by atoms with E-state index in [1.54, 1.807) is 36.4 Å². The number of carbonyl (C=O) groups excluding carboxylic acids is 2. The number of nitrogens with zero attached hydrogens (tertiary/aromatic N) is 2. The maximum absolute atomic E-state index is 14.5. The van der Waals surface area contributed by atoms with Crippen LogP contribution in [-0.4, -0.2) is 44.3 Å². The number of rotatable bonds is 13. The minimum Gasteiger partial charge on any atom is -0.354 e. The van der Waals surface area contributed by atoms with Crippen LogP contribution >= 0.6 is 27.5 Å². The van der Waals surface area contributed by atoms with Gasteiger partial charge < -0.3 is 10.2 Å². The summed E-state index contributed by atoms with van der Waals surface area (Å²) in [7, 11) is -4.19. The van der Waals surface area contributed by atoms with E-state index in [0.29, 0.717) is 11.6 Å². The maximum Gasteiger partial charge on any atom is 0.264 e. The van der Waals surface area contributed by atoms with Gasteiger partial charge in [-0.15, -0.1) is 0 Å². The van der Waals surface area contributed by atoms with E-state index >= 15 is 0 Å². The minimum atomic E-state index is -4.19. The molecule has 1 atom stereocenters. The van der Waals surface area contributed by atoms with Crippen molar-refractivity contribution in [3.63, 3.8) is 0 Å². The first kappa shape index (κ1) is 33.2. The molecule has 7 nitrogen and oxygen atoms in total. The van der Waals surface area contributed by atoms with Gasteiger partial charge in [-0.05, 0) is 66.4 Å². The number of amides is 2. The second-order valence-electron chi connectivity index (χ2n) is 10.4. The summed E-state index contributed by atoms with van der Waals surface area (Å²) in [6.07, 6.45) is 0.971. The van der Waals surface area contributed by atoms with Crippen molar-refractivity contribution in [1.82, 2.24) is 10.2 Å². The molecule has 4 rings (SSSR count). The Hall–Kier alpha value is -3.66. The van der Waals surface area contributed by atoms with Gasteiger partial charge in [-0.1, -0.05) is 101 Å². The van der Waals surface area contributed by atoms with Gasteiger partial charge in [0.2, 0.25) is 11.8 Å². The van der Waals surface area contributed by atoms with Crippen molar-refractivity contribution in [3.05, 3.63) is 129 Å². The number of sulfonamides is 1. The van der Waals surface area contributed by atoms with Gasteiger partial charge in [-0.2, -0.15) is 0 Å². The SMILES string of the molecule is CCCNC(=O)C(Cc1ccccc1)N(Cc1cccc(Br)c1)C(=O)CN(c1ccc(C)c(Cl)c1)S(=O)(=O)c1ccccc1. The Morgan fingerprint density at radius 2 is 1.55 bits per heavy atom. The van der Waals surface area contributed by atoms with E-state index in [-0.39, 0.29) is 29.5 Å². The van der Waals surface area contributed by atoms with Gasteiger partial charge in [0.25, 0.3) is 10.0 Å². The van der Waals surface area contributed by atoms with Crippen LogP contribution in [0.15, 0.2) is 112 Å². The average molecular weight is 697 g/mol. The third-order valence-corrected chi connectivity index (χ3v) is 9.80. The summed E-state index contributed by atoms with van der Waals surface area (Å²) in [4.78, 5) is 29.7. The molecule has 1 N–H and O–H groups in total. The fourth-order valence-corrected chi connectivity index (χ4v) is 6.79. The Labute approximate surface area is 273 Å². The predicted octanol–water partition coefficient (Wildman–Crippen LogP) is 6.77. The molecule has 0 saturated carbocycles. The van der Waals surface area contributed by atoms with Crippen LogP contribution < -0.4 is 9.62 Å². The second-order valence-corrected chi connectivity index (χ2v) is 13.6. The van der Waals surface area contributed by atoms with Crippen LogP contribution in [0.25, 0.3) is 0 Å². The molecule has 0 radical (unpaired) electrons. The van der Waals surface area contributed by atoms with Crippen molar-refractivity contribution in [3.8, 4) is 0 Å². The Bertz CT molecular complexity index is 1690. The van der Waals surface area contributed by atoms with E-state index in [1.165, 1.54) is 17.0 Å². The Kier molecular flexibility index (Phi) is 11.6. The van der Waals surface area contributed by atoms with Crippen molar-refractivity contribution < 1.29 is 18.0 Å². The Balaban J connectivity index is 1.81. The van der Waals surface area contributed by atoms with Crippen molar-refractivity contribution in [2.24, 2.45) is 0 Å². The molecule has 4 aromatic rings. The van der Waals surface area contributed by atoms with Crippen LogP contribution in [0.2, 0.25) is 5.02 Å². The number of nitrogens with one attached hydrogen (secondary N) is 1. The summed E-state index contributed by atoms with van der Waals surface area (Å²) >= 11 is 9.93.